The number of carbonyl (C=O) groups excluding carboxylic acids is 1. The van der Waals surface area contributed by atoms with Gasteiger partial charge in [0.2, 0.25) is 6.08 Å². The van der Waals surface area contributed by atoms with E-state index in [2.05, 4.69) is 4.99 Å². The van der Waals surface area contributed by atoms with Gasteiger partial charge in [-0.25, -0.2) is 14.2 Å². The smallest absolute Gasteiger partial charge is 0.211 e. The van der Waals surface area contributed by atoms with E-state index in [1.54, 1.807) is 6.07 Å². The molecular weight excluding hydrogens is 193 g/mol. The number of aryl methyl sites for hydroxylation is 2. The van der Waals surface area contributed by atoms with Crippen molar-refractivity contribution in [3.05, 3.63) is 34.6 Å². The van der Waals surface area contributed by atoms with Crippen molar-refractivity contribution in [1.82, 2.24) is 0 Å². The molecule has 0 bridgehead atoms. The number of hydrogen-bond donors (Lipinski definition) is 0. The van der Waals surface area contributed by atoms with E-state index in [1.807, 2.05) is 6.07 Å². The maximum absolute atomic E-state index is 13.5. The molecule has 0 unspecified atom stereocenters. The molecule has 0 aromatic heterocycles. The third-order valence-corrected chi connectivity index (χ3v) is 2.82. The summed E-state index contributed by atoms with van der Waals surface area (Å²) in [5.74, 6) is -0.255. The molecule has 1 aromatic rings. The zero-order chi connectivity index (χ0) is 10.7. The fourth-order valence-corrected chi connectivity index (χ4v) is 2.05. The molecule has 0 atom stereocenters. The zero-order valence-electron chi connectivity index (χ0n) is 8.42. The lowest BCUT2D eigenvalue weighted by atomic mass is 9.90. The van der Waals surface area contributed by atoms with Crippen LogP contribution in [-0.4, -0.2) is 6.08 Å². The van der Waals surface area contributed by atoms with Crippen molar-refractivity contribution in [3.8, 4) is 0 Å². The molecule has 1 aliphatic carbocycles. The van der Waals surface area contributed by atoms with E-state index in [4.69, 9.17) is 0 Å². The Morgan fingerprint density at radius 3 is 2.60 bits per heavy atom. The quantitative estimate of drug-likeness (QED) is 0.539. The minimum atomic E-state index is -0.255. The van der Waals surface area contributed by atoms with Gasteiger partial charge in [0.25, 0.3) is 0 Å². The zero-order valence-corrected chi connectivity index (χ0v) is 8.42. The summed E-state index contributed by atoms with van der Waals surface area (Å²) in [6.45, 7) is 0.0998. The molecule has 0 aliphatic heterocycles. The van der Waals surface area contributed by atoms with Crippen molar-refractivity contribution in [1.29, 1.82) is 0 Å². The highest BCUT2D eigenvalue weighted by atomic mass is 19.1. The average molecular weight is 205 g/mol. The lowest BCUT2D eigenvalue weighted by Gasteiger charge is -2.16. The number of aliphatic imine (C=N–C) groups is 1. The summed E-state index contributed by atoms with van der Waals surface area (Å²) < 4.78 is 13.5. The van der Waals surface area contributed by atoms with E-state index >= 15 is 0 Å². The molecule has 15 heavy (non-hydrogen) atoms. The maximum Gasteiger partial charge on any atom is 0.235 e. The van der Waals surface area contributed by atoms with E-state index < -0.39 is 0 Å². The molecule has 0 spiro atoms. The Labute approximate surface area is 87.8 Å². The third kappa shape index (κ3) is 2.13. The summed E-state index contributed by atoms with van der Waals surface area (Å²) in [4.78, 5) is 13.4. The first-order chi connectivity index (χ1) is 7.31. The van der Waals surface area contributed by atoms with E-state index in [0.29, 0.717) is 5.56 Å². The van der Waals surface area contributed by atoms with Gasteiger partial charge in [-0.05, 0) is 42.9 Å². The van der Waals surface area contributed by atoms with Crippen LogP contribution in [0.3, 0.4) is 0 Å². The lowest BCUT2D eigenvalue weighted by Crippen LogP contribution is -2.05. The molecule has 78 valence electrons. The molecule has 0 saturated heterocycles. The van der Waals surface area contributed by atoms with Gasteiger partial charge in [-0.15, -0.1) is 0 Å². The molecule has 2 nitrogen and oxygen atoms in total. The van der Waals surface area contributed by atoms with Crippen LogP contribution in [0.1, 0.15) is 29.5 Å². The number of halogens is 1. The number of isocyanates is 1. The molecule has 1 aliphatic rings. The van der Waals surface area contributed by atoms with Crippen LogP contribution >= 0.6 is 0 Å². The summed E-state index contributed by atoms with van der Waals surface area (Å²) in [5.41, 5.74) is 2.82. The Bertz CT molecular complexity index is 422. The second-order valence-corrected chi connectivity index (χ2v) is 3.83. The molecule has 0 N–H and O–H groups in total. The second-order valence-electron chi connectivity index (χ2n) is 3.83. The number of rotatable bonds is 2. The van der Waals surface area contributed by atoms with Crippen molar-refractivity contribution in [3.63, 3.8) is 0 Å². The molecule has 0 amide bonds. The molecule has 0 saturated carbocycles. The number of hydrogen-bond acceptors (Lipinski definition) is 2. The van der Waals surface area contributed by atoms with Crippen LogP contribution < -0.4 is 0 Å². The number of fused-ring (bicyclic) bond motifs is 1. The van der Waals surface area contributed by atoms with Gasteiger partial charge in [0.15, 0.2) is 0 Å². The minimum Gasteiger partial charge on any atom is -0.211 e. The SMILES string of the molecule is O=C=NCc1cc2c(cc1F)CCCC2. The highest BCUT2D eigenvalue weighted by molar-refractivity contribution is 5.37. The van der Waals surface area contributed by atoms with Crippen LogP contribution in [-0.2, 0) is 24.2 Å². The Hall–Kier alpha value is -1.47. The van der Waals surface area contributed by atoms with Crippen LogP contribution in [0, 0.1) is 5.82 Å². The van der Waals surface area contributed by atoms with Gasteiger partial charge in [-0.1, -0.05) is 6.07 Å². The van der Waals surface area contributed by atoms with Crippen LogP contribution in [0.2, 0.25) is 0 Å². The molecule has 0 fully saturated rings. The van der Waals surface area contributed by atoms with E-state index in [9.17, 15) is 9.18 Å². The molecule has 3 heteroatoms. The van der Waals surface area contributed by atoms with Gasteiger partial charge in [0.1, 0.15) is 5.82 Å². The first-order valence-electron chi connectivity index (χ1n) is 5.15. The number of benzene rings is 1. The summed E-state index contributed by atoms with van der Waals surface area (Å²) in [7, 11) is 0. The Balaban J connectivity index is 2.35. The Morgan fingerprint density at radius 2 is 1.93 bits per heavy atom. The van der Waals surface area contributed by atoms with Crippen LogP contribution in [0.4, 0.5) is 4.39 Å². The van der Waals surface area contributed by atoms with Crippen LogP contribution in [0.25, 0.3) is 0 Å². The van der Waals surface area contributed by atoms with Crippen molar-refractivity contribution >= 4 is 6.08 Å². The second kappa shape index (κ2) is 4.37. The van der Waals surface area contributed by atoms with Gasteiger partial charge < -0.3 is 0 Å². The first kappa shape index (κ1) is 10.1. The standard InChI is InChI=1S/C12H12FNO/c13-12-6-10-4-2-1-3-9(10)5-11(12)7-14-8-15/h5-6H,1-4,7H2. The minimum absolute atomic E-state index is 0.0998. The molecule has 0 radical (unpaired) electrons. The summed E-state index contributed by atoms with van der Waals surface area (Å²) in [6.07, 6.45) is 5.70. The highest BCUT2D eigenvalue weighted by Gasteiger charge is 2.12. The van der Waals surface area contributed by atoms with Crippen molar-refractivity contribution in [2.24, 2.45) is 4.99 Å². The topological polar surface area (TPSA) is 29.4 Å². The van der Waals surface area contributed by atoms with Gasteiger partial charge in [-0.3, -0.25) is 0 Å². The predicted molar refractivity (Wildman–Crippen MR) is 54.9 cm³/mol. The maximum atomic E-state index is 13.5. The number of nitrogens with zero attached hydrogens (tertiary/aromatic N) is 1. The predicted octanol–water partition coefficient (Wildman–Crippen LogP) is 2.54. The normalized spacial score (nSPS) is 14.2. The van der Waals surface area contributed by atoms with Crippen LogP contribution in [0.5, 0.6) is 0 Å². The van der Waals surface area contributed by atoms with Gasteiger partial charge in [0.05, 0.1) is 6.54 Å². The van der Waals surface area contributed by atoms with Gasteiger partial charge in [-0.2, -0.15) is 0 Å². The highest BCUT2D eigenvalue weighted by Crippen LogP contribution is 2.24. The molecule has 1 aromatic carbocycles. The largest absolute Gasteiger partial charge is 0.235 e. The Morgan fingerprint density at radius 1 is 1.27 bits per heavy atom. The van der Waals surface area contributed by atoms with E-state index in [1.165, 1.54) is 11.6 Å². The fourth-order valence-electron chi connectivity index (χ4n) is 2.05. The fraction of sp³-hybridized carbons (Fsp3) is 0.417. The van der Waals surface area contributed by atoms with Crippen molar-refractivity contribution in [2.75, 3.05) is 0 Å². The molecule has 0 heterocycles. The summed E-state index contributed by atoms with van der Waals surface area (Å²) in [5, 5.41) is 0. The summed E-state index contributed by atoms with van der Waals surface area (Å²) >= 11 is 0. The monoisotopic (exact) mass is 205 g/mol. The molecular formula is C12H12FNO. The van der Waals surface area contributed by atoms with Crippen molar-refractivity contribution in [2.45, 2.75) is 32.2 Å². The van der Waals surface area contributed by atoms with E-state index in [0.717, 1.165) is 31.2 Å². The summed E-state index contributed by atoms with van der Waals surface area (Å²) in [6, 6.07) is 3.43. The van der Waals surface area contributed by atoms with Crippen LogP contribution in [0.15, 0.2) is 17.1 Å². The van der Waals surface area contributed by atoms with E-state index in [-0.39, 0.29) is 12.4 Å². The molecule has 2 rings (SSSR count). The first-order valence-corrected chi connectivity index (χ1v) is 5.15. The van der Waals surface area contributed by atoms with Gasteiger partial charge >= 0.3 is 0 Å². The Kier molecular flexibility index (Phi) is 2.93. The third-order valence-electron chi connectivity index (χ3n) is 2.82. The van der Waals surface area contributed by atoms with Crippen molar-refractivity contribution < 1.29 is 9.18 Å². The van der Waals surface area contributed by atoms with Gasteiger partial charge in [0, 0.05) is 5.56 Å². The average Bonchev–Trinajstić information content (AvgIpc) is 2.26. The lowest BCUT2D eigenvalue weighted by molar-refractivity contribution is 0.561.